The molecule has 2 unspecified atom stereocenters. The summed E-state index contributed by atoms with van der Waals surface area (Å²) in [6, 6.07) is 0. The maximum absolute atomic E-state index is 10.3. The molecule has 0 aliphatic rings. The zero-order valence-electron chi connectivity index (χ0n) is 12.5. The Hall–Kier alpha value is -0.830. The van der Waals surface area contributed by atoms with Gasteiger partial charge in [0.15, 0.2) is 0 Å². The number of aliphatic hydroxyl groups excluding tert-OH is 1. The molecule has 0 aliphatic carbocycles. The second kappa shape index (κ2) is 6.37. The first-order chi connectivity index (χ1) is 8.33. The van der Waals surface area contributed by atoms with Gasteiger partial charge in [-0.05, 0) is 30.6 Å². The van der Waals surface area contributed by atoms with E-state index in [2.05, 4.69) is 44.2 Å². The zero-order chi connectivity index (χ0) is 13.8. The molecule has 3 nitrogen and oxygen atoms in total. The maximum Gasteiger partial charge on any atom is 0.137 e. The van der Waals surface area contributed by atoms with Crippen LogP contribution in [-0.4, -0.2) is 14.7 Å². The predicted molar refractivity (Wildman–Crippen MR) is 75.3 cm³/mol. The van der Waals surface area contributed by atoms with Gasteiger partial charge in [-0.25, -0.2) is 4.98 Å². The minimum atomic E-state index is -0.441. The molecule has 1 aromatic rings. The van der Waals surface area contributed by atoms with E-state index in [-0.39, 0.29) is 0 Å². The molecular formula is C15H28N2O. The third-order valence-electron chi connectivity index (χ3n) is 3.10. The van der Waals surface area contributed by atoms with Crippen LogP contribution in [0.15, 0.2) is 12.4 Å². The van der Waals surface area contributed by atoms with E-state index in [1.807, 2.05) is 6.20 Å². The van der Waals surface area contributed by atoms with Crippen LogP contribution in [0.5, 0.6) is 0 Å². The molecule has 104 valence electrons. The van der Waals surface area contributed by atoms with Crippen molar-refractivity contribution in [2.24, 2.45) is 11.3 Å². The Bertz CT molecular complexity index is 352. The summed E-state index contributed by atoms with van der Waals surface area (Å²) in [5.41, 5.74) is 0.317. The largest absolute Gasteiger partial charge is 0.385 e. The zero-order valence-corrected chi connectivity index (χ0v) is 12.5. The van der Waals surface area contributed by atoms with E-state index in [1.165, 1.54) is 0 Å². The highest BCUT2D eigenvalue weighted by Gasteiger charge is 2.21. The number of aromatic nitrogens is 2. The molecular weight excluding hydrogens is 224 g/mol. The van der Waals surface area contributed by atoms with Crippen molar-refractivity contribution in [2.75, 3.05) is 0 Å². The Labute approximate surface area is 111 Å². The molecule has 1 heterocycles. The molecule has 18 heavy (non-hydrogen) atoms. The van der Waals surface area contributed by atoms with Crippen molar-refractivity contribution in [1.82, 2.24) is 9.55 Å². The molecule has 0 bridgehead atoms. The van der Waals surface area contributed by atoms with Crippen molar-refractivity contribution in [2.45, 2.75) is 66.5 Å². The number of aryl methyl sites for hydroxylation is 1. The van der Waals surface area contributed by atoms with E-state index in [4.69, 9.17) is 0 Å². The summed E-state index contributed by atoms with van der Waals surface area (Å²) < 4.78 is 2.06. The minimum absolute atomic E-state index is 0.317. The van der Waals surface area contributed by atoms with Crippen molar-refractivity contribution in [3.8, 4) is 0 Å². The Morgan fingerprint density at radius 1 is 1.39 bits per heavy atom. The van der Waals surface area contributed by atoms with Crippen LogP contribution in [0, 0.1) is 11.3 Å². The molecule has 0 amide bonds. The predicted octanol–water partition coefficient (Wildman–Crippen LogP) is 3.79. The SMILES string of the molecule is CCCn1ccnc1C(O)CC(C)CC(C)(C)C. The fourth-order valence-electron chi connectivity index (χ4n) is 2.66. The first-order valence-electron chi connectivity index (χ1n) is 7.02. The smallest absolute Gasteiger partial charge is 0.137 e. The Morgan fingerprint density at radius 3 is 2.61 bits per heavy atom. The van der Waals surface area contributed by atoms with Crippen molar-refractivity contribution in [3.05, 3.63) is 18.2 Å². The molecule has 1 N–H and O–H groups in total. The third-order valence-corrected chi connectivity index (χ3v) is 3.10. The van der Waals surface area contributed by atoms with Crippen LogP contribution >= 0.6 is 0 Å². The van der Waals surface area contributed by atoms with Crippen LogP contribution in [0.25, 0.3) is 0 Å². The van der Waals surface area contributed by atoms with E-state index in [0.717, 1.165) is 31.6 Å². The summed E-state index contributed by atoms with van der Waals surface area (Å²) in [6.07, 6.45) is 6.27. The summed E-state index contributed by atoms with van der Waals surface area (Å²) in [4.78, 5) is 4.30. The number of imidazole rings is 1. The molecule has 0 radical (unpaired) electrons. The van der Waals surface area contributed by atoms with Gasteiger partial charge in [-0.1, -0.05) is 34.6 Å². The molecule has 0 aliphatic heterocycles. The lowest BCUT2D eigenvalue weighted by Crippen LogP contribution is -2.16. The lowest BCUT2D eigenvalue weighted by Gasteiger charge is -2.25. The molecule has 0 saturated heterocycles. The monoisotopic (exact) mass is 252 g/mol. The van der Waals surface area contributed by atoms with Gasteiger partial charge in [0.25, 0.3) is 0 Å². The minimum Gasteiger partial charge on any atom is -0.385 e. The van der Waals surface area contributed by atoms with Crippen LogP contribution < -0.4 is 0 Å². The fraction of sp³-hybridized carbons (Fsp3) is 0.800. The van der Waals surface area contributed by atoms with Crippen LogP contribution in [0.3, 0.4) is 0 Å². The Balaban J connectivity index is 2.59. The summed E-state index contributed by atoms with van der Waals surface area (Å²) >= 11 is 0. The second-order valence-corrected chi connectivity index (χ2v) is 6.60. The average molecular weight is 252 g/mol. The second-order valence-electron chi connectivity index (χ2n) is 6.60. The standard InChI is InChI=1S/C15H28N2O/c1-6-8-17-9-7-16-14(17)13(18)10-12(2)11-15(3,4)5/h7,9,12-13,18H,6,8,10-11H2,1-5H3. The van der Waals surface area contributed by atoms with Gasteiger partial charge in [-0.15, -0.1) is 0 Å². The lowest BCUT2D eigenvalue weighted by molar-refractivity contribution is 0.122. The Morgan fingerprint density at radius 2 is 2.06 bits per heavy atom. The first kappa shape index (κ1) is 15.2. The number of aliphatic hydroxyl groups is 1. The molecule has 3 heteroatoms. The van der Waals surface area contributed by atoms with Gasteiger partial charge in [0.05, 0.1) is 0 Å². The van der Waals surface area contributed by atoms with E-state index < -0.39 is 6.10 Å². The number of nitrogens with zero attached hydrogens (tertiary/aromatic N) is 2. The lowest BCUT2D eigenvalue weighted by atomic mass is 9.83. The Kier molecular flexibility index (Phi) is 5.39. The normalized spacial score (nSPS) is 15.7. The molecule has 1 aromatic heterocycles. The van der Waals surface area contributed by atoms with E-state index in [1.54, 1.807) is 6.20 Å². The molecule has 0 spiro atoms. The van der Waals surface area contributed by atoms with Crippen LogP contribution in [-0.2, 0) is 6.54 Å². The topological polar surface area (TPSA) is 38.0 Å². The summed E-state index contributed by atoms with van der Waals surface area (Å²) in [5, 5.41) is 10.3. The van der Waals surface area contributed by atoms with Gasteiger partial charge < -0.3 is 9.67 Å². The summed E-state index contributed by atoms with van der Waals surface area (Å²) in [7, 11) is 0. The van der Waals surface area contributed by atoms with Crippen LogP contribution in [0.4, 0.5) is 0 Å². The van der Waals surface area contributed by atoms with Gasteiger partial charge in [0.1, 0.15) is 11.9 Å². The van der Waals surface area contributed by atoms with Gasteiger partial charge in [0.2, 0.25) is 0 Å². The van der Waals surface area contributed by atoms with Crippen molar-refractivity contribution >= 4 is 0 Å². The van der Waals surface area contributed by atoms with Crippen molar-refractivity contribution in [3.63, 3.8) is 0 Å². The van der Waals surface area contributed by atoms with Gasteiger partial charge in [0, 0.05) is 18.9 Å². The van der Waals surface area contributed by atoms with Crippen LogP contribution in [0.2, 0.25) is 0 Å². The highest BCUT2D eigenvalue weighted by atomic mass is 16.3. The van der Waals surface area contributed by atoms with E-state index in [0.29, 0.717) is 11.3 Å². The fourth-order valence-corrected chi connectivity index (χ4v) is 2.66. The number of hydrogen-bond acceptors (Lipinski definition) is 2. The summed E-state index contributed by atoms with van der Waals surface area (Å²) in [6.45, 7) is 12.0. The average Bonchev–Trinajstić information content (AvgIpc) is 2.63. The van der Waals surface area contributed by atoms with E-state index >= 15 is 0 Å². The van der Waals surface area contributed by atoms with Gasteiger partial charge >= 0.3 is 0 Å². The summed E-state index contributed by atoms with van der Waals surface area (Å²) in [5.74, 6) is 1.32. The molecule has 2 atom stereocenters. The maximum atomic E-state index is 10.3. The van der Waals surface area contributed by atoms with Gasteiger partial charge in [-0.3, -0.25) is 0 Å². The molecule has 0 fully saturated rings. The van der Waals surface area contributed by atoms with Crippen molar-refractivity contribution in [1.29, 1.82) is 0 Å². The van der Waals surface area contributed by atoms with E-state index in [9.17, 15) is 5.11 Å². The van der Waals surface area contributed by atoms with Crippen LogP contribution in [0.1, 0.15) is 65.8 Å². The van der Waals surface area contributed by atoms with Gasteiger partial charge in [-0.2, -0.15) is 0 Å². The molecule has 1 rings (SSSR count). The molecule has 0 saturated carbocycles. The first-order valence-corrected chi connectivity index (χ1v) is 7.02. The van der Waals surface area contributed by atoms with Crippen molar-refractivity contribution < 1.29 is 5.11 Å². The highest BCUT2D eigenvalue weighted by molar-refractivity contribution is 4.97. The number of rotatable bonds is 6. The third kappa shape index (κ3) is 4.81. The number of hydrogen-bond donors (Lipinski definition) is 1. The highest BCUT2D eigenvalue weighted by Crippen LogP contribution is 2.30. The molecule has 0 aromatic carbocycles. The quantitative estimate of drug-likeness (QED) is 0.836.